The average molecular weight is 507 g/mol. The molecule has 1 aliphatic rings. The monoisotopic (exact) mass is 506 g/mol. The van der Waals surface area contributed by atoms with Gasteiger partial charge in [-0.05, 0) is 48.4 Å². The summed E-state index contributed by atoms with van der Waals surface area (Å²) in [5.74, 6) is -0.666. The van der Waals surface area contributed by atoms with Crippen LogP contribution in [0.4, 0.5) is 24.5 Å². The number of nitrogens with zero attached hydrogens (tertiary/aromatic N) is 3. The van der Waals surface area contributed by atoms with Gasteiger partial charge in [-0.2, -0.15) is 13.2 Å². The van der Waals surface area contributed by atoms with E-state index in [1.54, 1.807) is 18.3 Å². The molecule has 0 saturated carbocycles. The molecule has 4 rings (SSSR count). The van der Waals surface area contributed by atoms with Crippen LogP contribution in [-0.2, 0) is 10.9 Å². The lowest BCUT2D eigenvalue weighted by atomic mass is 10.0. The molecular formula is C25H26ClF3N4O2. The number of aromatic nitrogens is 2. The minimum Gasteiger partial charge on any atom is -0.378 e. The SMILES string of the molecule is CC.Cc1ccc(NC(=O)c2ccnc(C(F)(F)F)c2)cc1-c1cnc(Cl)c(N2CCOCC2)c1. The number of carbonyl (C=O) groups is 1. The molecule has 1 saturated heterocycles. The highest BCUT2D eigenvalue weighted by molar-refractivity contribution is 6.32. The van der Waals surface area contributed by atoms with Gasteiger partial charge in [0.2, 0.25) is 0 Å². The summed E-state index contributed by atoms with van der Waals surface area (Å²) in [4.78, 5) is 22.3. The number of rotatable bonds is 4. The fraction of sp³-hybridized carbons (Fsp3) is 0.320. The van der Waals surface area contributed by atoms with Crippen LogP contribution in [0.15, 0.2) is 48.8 Å². The Kier molecular flexibility index (Phi) is 8.69. The number of aryl methyl sites for hydroxylation is 1. The number of hydrogen-bond acceptors (Lipinski definition) is 5. The molecule has 3 aromatic rings. The van der Waals surface area contributed by atoms with E-state index in [0.717, 1.165) is 34.6 Å². The van der Waals surface area contributed by atoms with E-state index in [1.165, 1.54) is 6.07 Å². The van der Waals surface area contributed by atoms with Crippen LogP contribution < -0.4 is 10.2 Å². The van der Waals surface area contributed by atoms with Gasteiger partial charge in [0.25, 0.3) is 5.91 Å². The third-order valence-electron chi connectivity index (χ3n) is 5.29. The number of hydrogen-bond donors (Lipinski definition) is 1. The molecule has 1 fully saturated rings. The molecule has 1 aromatic carbocycles. The van der Waals surface area contributed by atoms with Gasteiger partial charge < -0.3 is 15.0 Å². The van der Waals surface area contributed by atoms with Gasteiger partial charge >= 0.3 is 6.18 Å². The number of ether oxygens (including phenoxy) is 1. The van der Waals surface area contributed by atoms with E-state index in [9.17, 15) is 18.0 Å². The number of nitrogens with one attached hydrogen (secondary N) is 1. The molecule has 0 radical (unpaired) electrons. The number of amides is 1. The molecule has 0 bridgehead atoms. The van der Waals surface area contributed by atoms with Gasteiger partial charge in [-0.1, -0.05) is 31.5 Å². The minimum atomic E-state index is -4.63. The van der Waals surface area contributed by atoms with E-state index in [4.69, 9.17) is 16.3 Å². The molecule has 0 aliphatic carbocycles. The molecule has 0 spiro atoms. The Bertz CT molecular complexity index is 1180. The number of benzene rings is 1. The predicted molar refractivity (Wildman–Crippen MR) is 131 cm³/mol. The summed E-state index contributed by atoms with van der Waals surface area (Å²) in [6.07, 6.45) is -2.02. The summed E-state index contributed by atoms with van der Waals surface area (Å²) in [6.45, 7) is 8.53. The van der Waals surface area contributed by atoms with E-state index >= 15 is 0 Å². The van der Waals surface area contributed by atoms with E-state index in [-0.39, 0.29) is 5.56 Å². The van der Waals surface area contributed by atoms with E-state index in [0.29, 0.717) is 37.1 Å². The van der Waals surface area contributed by atoms with Crippen molar-refractivity contribution in [2.45, 2.75) is 26.9 Å². The van der Waals surface area contributed by atoms with Gasteiger partial charge in [0.05, 0.1) is 18.9 Å². The maximum atomic E-state index is 12.9. The summed E-state index contributed by atoms with van der Waals surface area (Å²) < 4.78 is 44.2. The van der Waals surface area contributed by atoms with Crippen LogP contribution in [0, 0.1) is 6.92 Å². The highest BCUT2D eigenvalue weighted by atomic mass is 35.5. The van der Waals surface area contributed by atoms with Gasteiger partial charge in [0.15, 0.2) is 5.15 Å². The summed E-state index contributed by atoms with van der Waals surface area (Å²) in [7, 11) is 0. The second kappa shape index (κ2) is 11.5. The lowest BCUT2D eigenvalue weighted by Gasteiger charge is -2.29. The lowest BCUT2D eigenvalue weighted by molar-refractivity contribution is -0.141. The third kappa shape index (κ3) is 6.49. The fourth-order valence-electron chi connectivity index (χ4n) is 3.55. The van der Waals surface area contributed by atoms with Crippen molar-refractivity contribution in [3.63, 3.8) is 0 Å². The van der Waals surface area contributed by atoms with Crippen molar-refractivity contribution in [2.24, 2.45) is 0 Å². The molecular weight excluding hydrogens is 481 g/mol. The van der Waals surface area contributed by atoms with E-state index in [1.807, 2.05) is 32.9 Å². The topological polar surface area (TPSA) is 67.4 Å². The maximum absolute atomic E-state index is 12.9. The van der Waals surface area contributed by atoms with Gasteiger partial charge in [0, 0.05) is 42.3 Å². The minimum absolute atomic E-state index is 0.137. The van der Waals surface area contributed by atoms with Gasteiger partial charge in [-0.25, -0.2) is 4.98 Å². The van der Waals surface area contributed by atoms with Crippen molar-refractivity contribution in [1.29, 1.82) is 0 Å². The number of alkyl halides is 3. The first-order valence-electron chi connectivity index (χ1n) is 11.2. The molecule has 186 valence electrons. The Labute approximate surface area is 207 Å². The molecule has 0 atom stereocenters. The first-order valence-corrected chi connectivity index (χ1v) is 11.5. The first-order chi connectivity index (χ1) is 16.7. The normalized spacial score (nSPS) is 13.6. The molecule has 1 aliphatic heterocycles. The number of halogens is 4. The molecule has 0 unspecified atom stereocenters. The maximum Gasteiger partial charge on any atom is 0.433 e. The smallest absolute Gasteiger partial charge is 0.378 e. The molecule has 1 amide bonds. The first kappa shape index (κ1) is 26.4. The van der Waals surface area contributed by atoms with Gasteiger partial charge in [-0.3, -0.25) is 9.78 Å². The molecule has 2 aromatic heterocycles. The van der Waals surface area contributed by atoms with Crippen LogP contribution in [0.3, 0.4) is 0 Å². The van der Waals surface area contributed by atoms with Crippen LogP contribution in [0.2, 0.25) is 5.15 Å². The second-order valence-electron chi connectivity index (χ2n) is 7.54. The predicted octanol–water partition coefficient (Wildman–Crippen LogP) is 6.24. The zero-order valence-corrected chi connectivity index (χ0v) is 20.4. The zero-order chi connectivity index (χ0) is 25.6. The summed E-state index contributed by atoms with van der Waals surface area (Å²) in [6, 6.07) is 9.16. The van der Waals surface area contributed by atoms with Crippen molar-refractivity contribution < 1.29 is 22.7 Å². The second-order valence-corrected chi connectivity index (χ2v) is 7.90. The average Bonchev–Trinajstić information content (AvgIpc) is 2.87. The van der Waals surface area contributed by atoms with E-state index in [2.05, 4.69) is 20.2 Å². The van der Waals surface area contributed by atoms with Gasteiger partial charge in [-0.15, -0.1) is 0 Å². The Balaban J connectivity index is 0.00000167. The molecule has 10 heteroatoms. The Morgan fingerprint density at radius 1 is 1.09 bits per heavy atom. The number of pyridine rings is 2. The highest BCUT2D eigenvalue weighted by Gasteiger charge is 2.33. The lowest BCUT2D eigenvalue weighted by Crippen LogP contribution is -2.36. The number of anilines is 2. The van der Waals surface area contributed by atoms with Crippen molar-refractivity contribution in [1.82, 2.24) is 9.97 Å². The van der Waals surface area contributed by atoms with Crippen molar-refractivity contribution in [3.8, 4) is 11.1 Å². The third-order valence-corrected chi connectivity index (χ3v) is 5.58. The highest BCUT2D eigenvalue weighted by Crippen LogP contribution is 2.33. The molecule has 6 nitrogen and oxygen atoms in total. The Morgan fingerprint density at radius 2 is 1.80 bits per heavy atom. The van der Waals surface area contributed by atoms with E-state index < -0.39 is 17.8 Å². The van der Waals surface area contributed by atoms with Crippen LogP contribution in [-0.4, -0.2) is 42.2 Å². The van der Waals surface area contributed by atoms with Crippen LogP contribution >= 0.6 is 11.6 Å². The fourth-order valence-corrected chi connectivity index (χ4v) is 3.77. The summed E-state index contributed by atoms with van der Waals surface area (Å²) >= 11 is 6.33. The van der Waals surface area contributed by atoms with Crippen molar-refractivity contribution >= 4 is 28.9 Å². The molecule has 3 heterocycles. The van der Waals surface area contributed by atoms with Gasteiger partial charge in [0.1, 0.15) is 5.69 Å². The standard InChI is InChI=1S/C23H20ClF3N4O2.C2H6/c1-14-2-3-17(30-22(32)15-4-5-28-20(11-15)23(25,26)27)12-18(14)16-10-19(21(24)29-13-16)31-6-8-33-9-7-31;1-2/h2-5,10-13H,6-9H2,1H3,(H,30,32);1-2H3. The van der Waals surface area contributed by atoms with Crippen molar-refractivity contribution in [3.05, 3.63) is 70.8 Å². The van der Waals surface area contributed by atoms with Crippen LogP contribution in [0.5, 0.6) is 0 Å². The number of carbonyl (C=O) groups excluding carboxylic acids is 1. The molecule has 35 heavy (non-hydrogen) atoms. The Hall–Kier alpha value is -3.17. The zero-order valence-electron chi connectivity index (χ0n) is 19.6. The number of morpholine rings is 1. The Morgan fingerprint density at radius 3 is 2.49 bits per heavy atom. The van der Waals surface area contributed by atoms with Crippen LogP contribution in [0.1, 0.15) is 35.5 Å². The summed E-state index contributed by atoms with van der Waals surface area (Å²) in [5, 5.41) is 3.05. The van der Waals surface area contributed by atoms with Crippen LogP contribution in [0.25, 0.3) is 11.1 Å². The molecule has 1 N–H and O–H groups in total. The quantitative estimate of drug-likeness (QED) is 0.424. The van der Waals surface area contributed by atoms with Crippen molar-refractivity contribution in [2.75, 3.05) is 36.5 Å². The largest absolute Gasteiger partial charge is 0.433 e. The summed E-state index contributed by atoms with van der Waals surface area (Å²) in [5.41, 5.74) is 2.53.